The molecule has 0 spiro atoms. The van der Waals surface area contributed by atoms with Crippen LogP contribution in [0.2, 0.25) is 0 Å². The lowest BCUT2D eigenvalue weighted by Gasteiger charge is -2.32. The van der Waals surface area contributed by atoms with E-state index in [1.807, 2.05) is 30.3 Å². The number of hydrogen-bond donors (Lipinski definition) is 1. The number of fused-ring (bicyclic) bond motifs is 1. The van der Waals surface area contributed by atoms with E-state index in [2.05, 4.69) is 12.1 Å². The summed E-state index contributed by atoms with van der Waals surface area (Å²) in [5.41, 5.74) is 2.63. The first-order valence-electron chi connectivity index (χ1n) is 6.31. The molecule has 1 aliphatic carbocycles. The van der Waals surface area contributed by atoms with Crippen molar-refractivity contribution in [2.45, 2.75) is 10.1 Å². The van der Waals surface area contributed by atoms with Gasteiger partial charge in [-0.3, -0.25) is 0 Å². The lowest BCUT2D eigenvalue weighted by Crippen LogP contribution is -2.25. The second-order valence-electron chi connectivity index (χ2n) is 4.52. The van der Waals surface area contributed by atoms with Gasteiger partial charge in [0.25, 0.3) is 0 Å². The Labute approximate surface area is 122 Å². The average molecular weight is 285 g/mol. The van der Waals surface area contributed by atoms with Crippen molar-refractivity contribution in [3.05, 3.63) is 53.6 Å². The molecule has 1 unspecified atom stereocenters. The van der Waals surface area contributed by atoms with Gasteiger partial charge in [0.1, 0.15) is 11.5 Å². The summed E-state index contributed by atoms with van der Waals surface area (Å²) in [6, 6.07) is 14.0. The van der Waals surface area contributed by atoms with Crippen LogP contribution in [0.15, 0.2) is 47.4 Å². The number of methoxy groups -OCH3 is 2. The van der Waals surface area contributed by atoms with Gasteiger partial charge in [0.05, 0.1) is 25.2 Å². The molecule has 0 saturated carbocycles. The molecule has 2 aromatic carbocycles. The van der Waals surface area contributed by atoms with E-state index in [9.17, 15) is 0 Å². The molecule has 4 heteroatoms. The topological polar surface area (TPSA) is 42.3 Å². The minimum atomic E-state index is 0.0522. The van der Waals surface area contributed by atoms with Crippen LogP contribution >= 0.6 is 11.8 Å². The molecule has 20 heavy (non-hydrogen) atoms. The van der Waals surface area contributed by atoms with E-state index in [1.165, 1.54) is 0 Å². The Morgan fingerprint density at radius 1 is 1.05 bits per heavy atom. The first kappa shape index (κ1) is 13.1. The fraction of sp³-hybridized carbons (Fsp3) is 0.188. The highest BCUT2D eigenvalue weighted by Gasteiger charge is 2.37. The van der Waals surface area contributed by atoms with Crippen LogP contribution in [0.1, 0.15) is 16.4 Å². The van der Waals surface area contributed by atoms with Crippen LogP contribution in [-0.2, 0) is 0 Å². The molecule has 2 aromatic rings. The first-order chi connectivity index (χ1) is 9.74. The molecular weight excluding hydrogens is 270 g/mol. The van der Waals surface area contributed by atoms with Crippen LogP contribution in [0.3, 0.4) is 0 Å². The lowest BCUT2D eigenvalue weighted by molar-refractivity contribution is 0.392. The van der Waals surface area contributed by atoms with Gasteiger partial charge in [0.15, 0.2) is 0 Å². The van der Waals surface area contributed by atoms with Crippen molar-refractivity contribution in [3.8, 4) is 11.5 Å². The van der Waals surface area contributed by atoms with E-state index in [0.717, 1.165) is 21.8 Å². The van der Waals surface area contributed by atoms with Gasteiger partial charge < -0.3 is 14.9 Å². The van der Waals surface area contributed by atoms with E-state index >= 15 is 0 Å². The van der Waals surface area contributed by atoms with Crippen LogP contribution in [-0.4, -0.2) is 19.9 Å². The molecule has 0 aromatic heterocycles. The summed E-state index contributed by atoms with van der Waals surface area (Å²) >= 11 is 1.68. The average Bonchev–Trinajstić information content (AvgIpc) is 2.51. The number of thioether (sulfide) groups is 1. The summed E-state index contributed by atoms with van der Waals surface area (Å²) in [7, 11) is 3.27. The Balaban J connectivity index is 1.95. The summed E-state index contributed by atoms with van der Waals surface area (Å²) in [6.45, 7) is 0. The van der Waals surface area contributed by atoms with Gasteiger partial charge >= 0.3 is 0 Å². The molecule has 0 radical (unpaired) electrons. The molecule has 0 heterocycles. The van der Waals surface area contributed by atoms with E-state index in [-0.39, 0.29) is 5.25 Å². The Bertz CT molecular complexity index is 655. The van der Waals surface area contributed by atoms with Crippen molar-refractivity contribution in [1.29, 1.82) is 5.41 Å². The zero-order chi connectivity index (χ0) is 14.1. The molecule has 1 aliphatic rings. The summed E-state index contributed by atoms with van der Waals surface area (Å²) in [4.78, 5) is 1.16. The standard InChI is InChI=1S/C16H15NO2S/c1-18-10-8-12-14(13(9-10)19-2)15(17)16(12)20-11-6-4-3-5-7-11/h3-9,16-17H,1-2H3. The summed E-state index contributed by atoms with van der Waals surface area (Å²) in [5.74, 6) is 1.49. The monoisotopic (exact) mass is 285 g/mol. The van der Waals surface area contributed by atoms with Crippen LogP contribution in [0.5, 0.6) is 11.5 Å². The van der Waals surface area contributed by atoms with Crippen molar-refractivity contribution in [3.63, 3.8) is 0 Å². The van der Waals surface area contributed by atoms with Crippen molar-refractivity contribution in [2.75, 3.05) is 14.2 Å². The number of nitrogens with one attached hydrogen (secondary N) is 1. The molecule has 0 aliphatic heterocycles. The number of hydrogen-bond acceptors (Lipinski definition) is 4. The van der Waals surface area contributed by atoms with E-state index in [0.29, 0.717) is 11.5 Å². The summed E-state index contributed by atoms with van der Waals surface area (Å²) < 4.78 is 10.7. The third-order valence-electron chi connectivity index (χ3n) is 3.37. The summed E-state index contributed by atoms with van der Waals surface area (Å²) in [5, 5.41) is 8.30. The first-order valence-corrected chi connectivity index (χ1v) is 7.19. The SMILES string of the molecule is COc1cc(OC)c2c(c1)C(Sc1ccccc1)C2=N. The highest BCUT2D eigenvalue weighted by Crippen LogP contribution is 2.50. The van der Waals surface area contributed by atoms with Crippen LogP contribution in [0, 0.1) is 5.41 Å². The lowest BCUT2D eigenvalue weighted by atomic mass is 9.84. The largest absolute Gasteiger partial charge is 0.497 e. The Kier molecular flexibility index (Phi) is 3.40. The highest BCUT2D eigenvalue weighted by atomic mass is 32.2. The molecule has 3 rings (SSSR count). The second-order valence-corrected chi connectivity index (χ2v) is 5.70. The van der Waals surface area contributed by atoms with Gasteiger partial charge in [0.2, 0.25) is 0 Å². The highest BCUT2D eigenvalue weighted by molar-refractivity contribution is 8.00. The molecular formula is C16H15NO2S. The molecule has 0 saturated heterocycles. The predicted molar refractivity (Wildman–Crippen MR) is 81.4 cm³/mol. The Hall–Kier alpha value is -1.94. The third kappa shape index (κ3) is 2.06. The van der Waals surface area contributed by atoms with Gasteiger partial charge in [-0.2, -0.15) is 0 Å². The van der Waals surface area contributed by atoms with Crippen molar-refractivity contribution in [2.24, 2.45) is 0 Å². The van der Waals surface area contributed by atoms with Crippen LogP contribution in [0.4, 0.5) is 0 Å². The molecule has 0 fully saturated rings. The zero-order valence-corrected chi connectivity index (χ0v) is 12.2. The molecule has 3 nitrogen and oxygen atoms in total. The molecule has 0 bridgehead atoms. The normalized spacial score (nSPS) is 16.3. The van der Waals surface area contributed by atoms with Gasteiger partial charge in [-0.1, -0.05) is 18.2 Å². The third-order valence-corrected chi connectivity index (χ3v) is 4.64. The van der Waals surface area contributed by atoms with E-state index < -0.39 is 0 Å². The van der Waals surface area contributed by atoms with Crippen molar-refractivity contribution < 1.29 is 9.47 Å². The van der Waals surface area contributed by atoms with Crippen LogP contribution in [0.25, 0.3) is 0 Å². The van der Waals surface area contributed by atoms with E-state index in [4.69, 9.17) is 14.9 Å². The summed E-state index contributed by atoms with van der Waals surface area (Å²) in [6.07, 6.45) is 0. The predicted octanol–water partition coefficient (Wildman–Crippen LogP) is 3.92. The van der Waals surface area contributed by atoms with Gasteiger partial charge in [-0.15, -0.1) is 11.8 Å². The Morgan fingerprint density at radius 3 is 2.45 bits per heavy atom. The van der Waals surface area contributed by atoms with Crippen LogP contribution < -0.4 is 9.47 Å². The minimum Gasteiger partial charge on any atom is -0.497 e. The maximum Gasteiger partial charge on any atom is 0.131 e. The second kappa shape index (κ2) is 5.21. The molecule has 0 amide bonds. The number of benzene rings is 2. The van der Waals surface area contributed by atoms with E-state index in [1.54, 1.807) is 26.0 Å². The molecule has 1 N–H and O–H groups in total. The zero-order valence-electron chi connectivity index (χ0n) is 11.3. The fourth-order valence-electron chi connectivity index (χ4n) is 2.35. The fourth-order valence-corrected chi connectivity index (χ4v) is 3.49. The van der Waals surface area contributed by atoms with Gasteiger partial charge in [0, 0.05) is 16.5 Å². The quantitative estimate of drug-likeness (QED) is 0.925. The van der Waals surface area contributed by atoms with Crippen molar-refractivity contribution >= 4 is 17.5 Å². The van der Waals surface area contributed by atoms with Gasteiger partial charge in [-0.05, 0) is 23.8 Å². The number of rotatable bonds is 4. The number of ether oxygens (including phenoxy) is 2. The Morgan fingerprint density at radius 2 is 1.80 bits per heavy atom. The maximum absolute atomic E-state index is 8.25. The molecule has 1 atom stereocenters. The maximum atomic E-state index is 8.25. The minimum absolute atomic E-state index is 0.0522. The van der Waals surface area contributed by atoms with Crippen molar-refractivity contribution in [1.82, 2.24) is 0 Å². The van der Waals surface area contributed by atoms with Gasteiger partial charge in [-0.25, -0.2) is 0 Å². The molecule has 102 valence electrons. The smallest absolute Gasteiger partial charge is 0.131 e.